The standard InChI is InChI=1S/C16H18N4/c1-19(15-9-5-3-6-10-15)17-13-14-18-20(2)16-11-7-4-8-12-16/h3-14H,1-2H3. The van der Waals surface area contributed by atoms with E-state index < -0.39 is 0 Å². The molecule has 0 aliphatic carbocycles. The summed E-state index contributed by atoms with van der Waals surface area (Å²) in [5, 5.41) is 12.2. The molecule has 0 unspecified atom stereocenters. The molecule has 0 saturated heterocycles. The molecule has 2 rings (SSSR count). The van der Waals surface area contributed by atoms with Gasteiger partial charge in [0.25, 0.3) is 0 Å². The summed E-state index contributed by atoms with van der Waals surface area (Å²) in [6.07, 6.45) is 3.35. The Morgan fingerprint density at radius 2 is 1.00 bits per heavy atom. The Kier molecular flexibility index (Phi) is 4.89. The maximum atomic E-state index is 4.29. The molecule has 4 nitrogen and oxygen atoms in total. The van der Waals surface area contributed by atoms with Crippen molar-refractivity contribution in [2.45, 2.75) is 0 Å². The Hall–Kier alpha value is -2.62. The summed E-state index contributed by atoms with van der Waals surface area (Å²) in [7, 11) is 3.81. The zero-order chi connectivity index (χ0) is 14.2. The minimum atomic E-state index is 1.04. The first-order chi connectivity index (χ1) is 9.77. The first-order valence-corrected chi connectivity index (χ1v) is 6.41. The van der Waals surface area contributed by atoms with Crippen LogP contribution in [0, 0.1) is 0 Å². The van der Waals surface area contributed by atoms with Gasteiger partial charge in [-0.2, -0.15) is 10.2 Å². The Balaban J connectivity index is 1.91. The Labute approximate surface area is 119 Å². The van der Waals surface area contributed by atoms with Crippen LogP contribution >= 0.6 is 0 Å². The Morgan fingerprint density at radius 1 is 0.650 bits per heavy atom. The second-order valence-corrected chi connectivity index (χ2v) is 4.25. The molecule has 0 spiro atoms. The van der Waals surface area contributed by atoms with Crippen molar-refractivity contribution in [3.8, 4) is 0 Å². The van der Waals surface area contributed by atoms with Gasteiger partial charge in [0.15, 0.2) is 0 Å². The van der Waals surface area contributed by atoms with Gasteiger partial charge in [0.05, 0.1) is 23.8 Å². The zero-order valence-electron chi connectivity index (χ0n) is 11.7. The van der Waals surface area contributed by atoms with Crippen molar-refractivity contribution in [3.63, 3.8) is 0 Å². The summed E-state index contributed by atoms with van der Waals surface area (Å²) in [5.41, 5.74) is 2.07. The van der Waals surface area contributed by atoms with Crippen molar-refractivity contribution in [3.05, 3.63) is 60.7 Å². The average molecular weight is 266 g/mol. The third-order valence-electron chi connectivity index (χ3n) is 2.81. The van der Waals surface area contributed by atoms with Crippen molar-refractivity contribution >= 4 is 23.8 Å². The van der Waals surface area contributed by atoms with E-state index in [4.69, 9.17) is 0 Å². The van der Waals surface area contributed by atoms with Crippen LogP contribution in [0.3, 0.4) is 0 Å². The van der Waals surface area contributed by atoms with Gasteiger partial charge >= 0.3 is 0 Å². The van der Waals surface area contributed by atoms with Gasteiger partial charge in [0.1, 0.15) is 0 Å². The topological polar surface area (TPSA) is 31.2 Å². The molecule has 20 heavy (non-hydrogen) atoms. The number of hydrazone groups is 2. The lowest BCUT2D eigenvalue weighted by Gasteiger charge is -2.12. The van der Waals surface area contributed by atoms with E-state index in [1.165, 1.54) is 0 Å². The lowest BCUT2D eigenvalue weighted by molar-refractivity contribution is 1.02. The van der Waals surface area contributed by atoms with E-state index in [0.717, 1.165) is 11.4 Å². The summed E-state index contributed by atoms with van der Waals surface area (Å²) < 4.78 is 0. The fourth-order valence-corrected chi connectivity index (χ4v) is 1.68. The smallest absolute Gasteiger partial charge is 0.0675 e. The summed E-state index contributed by atoms with van der Waals surface area (Å²) in [6, 6.07) is 19.9. The van der Waals surface area contributed by atoms with Gasteiger partial charge < -0.3 is 0 Å². The van der Waals surface area contributed by atoms with E-state index in [9.17, 15) is 0 Å². The fraction of sp³-hybridized carbons (Fsp3) is 0.125. The quantitative estimate of drug-likeness (QED) is 0.614. The molecule has 0 atom stereocenters. The Morgan fingerprint density at radius 3 is 1.35 bits per heavy atom. The fourth-order valence-electron chi connectivity index (χ4n) is 1.68. The van der Waals surface area contributed by atoms with Crippen molar-refractivity contribution in [1.82, 2.24) is 0 Å². The molecule has 0 aromatic heterocycles. The third kappa shape index (κ3) is 3.95. The highest BCUT2D eigenvalue weighted by Gasteiger charge is 1.95. The summed E-state index contributed by atoms with van der Waals surface area (Å²) in [6.45, 7) is 0. The molecule has 0 radical (unpaired) electrons. The number of rotatable bonds is 5. The van der Waals surface area contributed by atoms with Crippen LogP contribution in [0.2, 0.25) is 0 Å². The molecule has 4 heteroatoms. The number of nitrogens with zero attached hydrogens (tertiary/aromatic N) is 4. The van der Waals surface area contributed by atoms with Crippen LogP contribution in [-0.4, -0.2) is 26.5 Å². The van der Waals surface area contributed by atoms with Crippen LogP contribution in [-0.2, 0) is 0 Å². The molecule has 0 aliphatic heterocycles. The highest BCUT2D eigenvalue weighted by atomic mass is 15.4. The lowest BCUT2D eigenvalue weighted by Crippen LogP contribution is -2.10. The van der Waals surface area contributed by atoms with E-state index in [1.54, 1.807) is 22.4 Å². The SMILES string of the molecule is CN(N=CC=NN(C)c1ccccc1)c1ccccc1. The molecule has 0 N–H and O–H groups in total. The molecule has 0 aliphatic rings. The van der Waals surface area contributed by atoms with Crippen LogP contribution in [0.15, 0.2) is 70.9 Å². The second kappa shape index (κ2) is 7.09. The first-order valence-electron chi connectivity index (χ1n) is 6.41. The van der Waals surface area contributed by atoms with Crippen molar-refractivity contribution in [2.75, 3.05) is 24.1 Å². The summed E-state index contributed by atoms with van der Waals surface area (Å²) in [5.74, 6) is 0. The van der Waals surface area contributed by atoms with Gasteiger partial charge in [-0.25, -0.2) is 0 Å². The van der Waals surface area contributed by atoms with Crippen molar-refractivity contribution in [2.24, 2.45) is 10.2 Å². The molecule has 0 amide bonds. The number of benzene rings is 2. The van der Waals surface area contributed by atoms with Crippen molar-refractivity contribution in [1.29, 1.82) is 0 Å². The number of anilines is 2. The molecular weight excluding hydrogens is 248 g/mol. The van der Waals surface area contributed by atoms with Crippen LogP contribution in [0.4, 0.5) is 11.4 Å². The monoisotopic (exact) mass is 266 g/mol. The highest BCUT2D eigenvalue weighted by Crippen LogP contribution is 2.11. The minimum Gasteiger partial charge on any atom is -0.269 e. The molecule has 2 aromatic rings. The van der Waals surface area contributed by atoms with Crippen LogP contribution in [0.5, 0.6) is 0 Å². The van der Waals surface area contributed by atoms with E-state index in [2.05, 4.69) is 10.2 Å². The van der Waals surface area contributed by atoms with Gasteiger partial charge in [-0.1, -0.05) is 36.4 Å². The van der Waals surface area contributed by atoms with Crippen LogP contribution in [0.25, 0.3) is 0 Å². The molecular formula is C16H18N4. The molecule has 0 saturated carbocycles. The molecule has 0 fully saturated rings. The van der Waals surface area contributed by atoms with Crippen molar-refractivity contribution < 1.29 is 0 Å². The largest absolute Gasteiger partial charge is 0.269 e. The maximum absolute atomic E-state index is 4.29. The normalized spacial score (nSPS) is 11.1. The van der Waals surface area contributed by atoms with E-state index in [-0.39, 0.29) is 0 Å². The predicted molar refractivity (Wildman–Crippen MR) is 86.7 cm³/mol. The van der Waals surface area contributed by atoms with E-state index in [1.807, 2.05) is 74.8 Å². The average Bonchev–Trinajstić information content (AvgIpc) is 2.53. The van der Waals surface area contributed by atoms with E-state index >= 15 is 0 Å². The molecule has 102 valence electrons. The number of hydrogen-bond donors (Lipinski definition) is 0. The van der Waals surface area contributed by atoms with Gasteiger partial charge in [-0.15, -0.1) is 0 Å². The lowest BCUT2D eigenvalue weighted by atomic mass is 10.3. The van der Waals surface area contributed by atoms with Gasteiger partial charge in [-0.05, 0) is 24.3 Å². The third-order valence-corrected chi connectivity index (χ3v) is 2.81. The number of hydrogen-bond acceptors (Lipinski definition) is 4. The molecule has 0 bridgehead atoms. The minimum absolute atomic E-state index is 1.04. The maximum Gasteiger partial charge on any atom is 0.0675 e. The predicted octanol–water partition coefficient (Wildman–Crippen LogP) is 3.23. The highest BCUT2D eigenvalue weighted by molar-refractivity contribution is 6.16. The Bertz CT molecular complexity index is 510. The summed E-state index contributed by atoms with van der Waals surface area (Å²) >= 11 is 0. The summed E-state index contributed by atoms with van der Waals surface area (Å²) in [4.78, 5) is 0. The van der Waals surface area contributed by atoms with Gasteiger partial charge in [0, 0.05) is 14.1 Å². The molecule has 2 aromatic carbocycles. The van der Waals surface area contributed by atoms with Crippen LogP contribution < -0.4 is 10.0 Å². The zero-order valence-corrected chi connectivity index (χ0v) is 11.7. The number of para-hydroxylation sites is 2. The first kappa shape index (κ1) is 13.8. The van der Waals surface area contributed by atoms with Crippen LogP contribution in [0.1, 0.15) is 0 Å². The molecule has 0 heterocycles. The van der Waals surface area contributed by atoms with Gasteiger partial charge in [-0.3, -0.25) is 10.0 Å². The van der Waals surface area contributed by atoms with E-state index in [0.29, 0.717) is 0 Å². The van der Waals surface area contributed by atoms with Gasteiger partial charge in [0.2, 0.25) is 0 Å². The second-order valence-electron chi connectivity index (χ2n) is 4.25.